The second-order valence-electron chi connectivity index (χ2n) is 6.35. The van der Waals surface area contributed by atoms with Gasteiger partial charge in [-0.3, -0.25) is 9.78 Å². The number of amides is 1. The summed E-state index contributed by atoms with van der Waals surface area (Å²) in [6, 6.07) is 7.59. The van der Waals surface area contributed by atoms with Gasteiger partial charge in [-0.15, -0.1) is 0 Å². The van der Waals surface area contributed by atoms with Crippen molar-refractivity contribution in [3.05, 3.63) is 35.5 Å². The molecule has 1 aliphatic rings. The Bertz CT molecular complexity index is 743. The number of aliphatic hydroxyl groups excluding tert-OH is 1. The molecular weight excluding hydrogens is 304 g/mol. The minimum absolute atomic E-state index is 0.0249. The quantitative estimate of drug-likeness (QED) is 0.937. The molecule has 1 aliphatic heterocycles. The first-order chi connectivity index (χ1) is 11.6. The summed E-state index contributed by atoms with van der Waals surface area (Å²) in [4.78, 5) is 19.7. The molecule has 1 N–H and O–H groups in total. The van der Waals surface area contributed by atoms with Crippen molar-refractivity contribution in [1.29, 1.82) is 0 Å². The second kappa shape index (κ2) is 7.18. The van der Waals surface area contributed by atoms with Crippen molar-refractivity contribution < 1.29 is 14.6 Å². The fourth-order valence-electron chi connectivity index (χ4n) is 3.51. The van der Waals surface area contributed by atoms with Crippen LogP contribution in [0.5, 0.6) is 5.75 Å². The number of carbonyl (C=O) groups excluding carboxylic acids is 1. The maximum Gasteiger partial charge on any atom is 0.254 e. The Morgan fingerprint density at radius 1 is 1.38 bits per heavy atom. The van der Waals surface area contributed by atoms with E-state index in [9.17, 15) is 9.90 Å². The van der Waals surface area contributed by atoms with Gasteiger partial charge < -0.3 is 14.7 Å². The van der Waals surface area contributed by atoms with Gasteiger partial charge in [-0.25, -0.2) is 0 Å². The summed E-state index contributed by atoms with van der Waals surface area (Å²) < 4.78 is 5.31. The summed E-state index contributed by atoms with van der Waals surface area (Å²) in [5.41, 5.74) is 2.29. The maximum absolute atomic E-state index is 13.2. The first-order valence-electron chi connectivity index (χ1n) is 8.51. The third-order valence-corrected chi connectivity index (χ3v) is 4.72. The smallest absolute Gasteiger partial charge is 0.254 e. The molecule has 128 valence electrons. The number of piperidine rings is 1. The average molecular weight is 328 g/mol. The van der Waals surface area contributed by atoms with Crippen LogP contribution in [0.4, 0.5) is 0 Å². The molecule has 2 aromatic rings. The highest BCUT2D eigenvalue weighted by molar-refractivity contribution is 6.06. The molecule has 1 amide bonds. The van der Waals surface area contributed by atoms with E-state index >= 15 is 0 Å². The molecular formula is C19H24N2O3. The van der Waals surface area contributed by atoms with Gasteiger partial charge in [-0.1, -0.05) is 0 Å². The third kappa shape index (κ3) is 3.22. The number of carbonyl (C=O) groups is 1. The van der Waals surface area contributed by atoms with Gasteiger partial charge in [0.25, 0.3) is 5.91 Å². The number of hydrogen-bond acceptors (Lipinski definition) is 4. The van der Waals surface area contributed by atoms with Crippen LogP contribution >= 0.6 is 0 Å². The summed E-state index contributed by atoms with van der Waals surface area (Å²) in [6.07, 6.45) is 3.71. The van der Waals surface area contributed by atoms with E-state index < -0.39 is 0 Å². The number of aryl methyl sites for hydroxylation is 1. The van der Waals surface area contributed by atoms with Crippen LogP contribution < -0.4 is 4.74 Å². The molecule has 1 fully saturated rings. The highest BCUT2D eigenvalue weighted by Crippen LogP contribution is 2.27. The van der Waals surface area contributed by atoms with E-state index in [1.54, 1.807) is 7.11 Å². The fourth-order valence-corrected chi connectivity index (χ4v) is 3.51. The second-order valence-corrected chi connectivity index (χ2v) is 6.35. The van der Waals surface area contributed by atoms with Gasteiger partial charge >= 0.3 is 0 Å². The largest absolute Gasteiger partial charge is 0.497 e. The molecule has 24 heavy (non-hydrogen) atoms. The SMILES string of the molecule is COc1ccc2nc(C)cc(C(=O)N3CCCCC3CCO)c2c1. The number of pyridine rings is 1. The highest BCUT2D eigenvalue weighted by Gasteiger charge is 2.28. The fraction of sp³-hybridized carbons (Fsp3) is 0.474. The van der Waals surface area contributed by atoms with Crippen LogP contribution in [0, 0.1) is 6.92 Å². The molecule has 5 nitrogen and oxygen atoms in total. The standard InChI is InChI=1S/C19H24N2O3/c1-13-11-17(16-12-15(24-2)6-7-18(16)20-13)19(23)21-9-4-3-5-14(21)8-10-22/h6-7,11-12,14,22H,3-5,8-10H2,1-2H3. The van der Waals surface area contributed by atoms with Crippen LogP contribution in [0.3, 0.4) is 0 Å². The van der Waals surface area contributed by atoms with Crippen molar-refractivity contribution >= 4 is 16.8 Å². The van der Waals surface area contributed by atoms with E-state index in [-0.39, 0.29) is 18.6 Å². The van der Waals surface area contributed by atoms with Crippen molar-refractivity contribution in [3.63, 3.8) is 0 Å². The lowest BCUT2D eigenvalue weighted by Crippen LogP contribution is -2.44. The summed E-state index contributed by atoms with van der Waals surface area (Å²) in [7, 11) is 1.62. The minimum Gasteiger partial charge on any atom is -0.497 e. The lowest BCUT2D eigenvalue weighted by molar-refractivity contribution is 0.0576. The Kier molecular flexibility index (Phi) is 5.00. The first-order valence-corrected chi connectivity index (χ1v) is 8.51. The Morgan fingerprint density at radius 2 is 2.21 bits per heavy atom. The van der Waals surface area contributed by atoms with E-state index in [1.165, 1.54) is 0 Å². The summed E-state index contributed by atoms with van der Waals surface area (Å²) in [5, 5.41) is 10.1. The topological polar surface area (TPSA) is 62.7 Å². The Morgan fingerprint density at radius 3 is 2.96 bits per heavy atom. The van der Waals surface area contributed by atoms with Gasteiger partial charge in [0, 0.05) is 30.3 Å². The van der Waals surface area contributed by atoms with Gasteiger partial charge in [0.15, 0.2) is 0 Å². The van der Waals surface area contributed by atoms with E-state index in [2.05, 4.69) is 4.98 Å². The van der Waals surface area contributed by atoms with Crippen molar-refractivity contribution in [2.45, 2.75) is 38.6 Å². The number of methoxy groups -OCH3 is 1. The van der Waals surface area contributed by atoms with Gasteiger partial charge in [0.1, 0.15) is 5.75 Å². The van der Waals surface area contributed by atoms with Crippen LogP contribution in [-0.4, -0.2) is 47.2 Å². The molecule has 1 aromatic heterocycles. The zero-order chi connectivity index (χ0) is 17.1. The maximum atomic E-state index is 13.2. The first kappa shape index (κ1) is 16.7. The molecule has 2 heterocycles. The molecule has 0 radical (unpaired) electrons. The van der Waals surface area contributed by atoms with Crippen LogP contribution in [0.2, 0.25) is 0 Å². The van der Waals surface area contributed by atoms with Crippen LogP contribution in [0.15, 0.2) is 24.3 Å². The predicted molar refractivity (Wildman–Crippen MR) is 93.4 cm³/mol. The molecule has 0 aliphatic carbocycles. The van der Waals surface area contributed by atoms with Gasteiger partial charge in [0.05, 0.1) is 18.2 Å². The zero-order valence-corrected chi connectivity index (χ0v) is 14.3. The van der Waals surface area contributed by atoms with Gasteiger partial charge in [-0.05, 0) is 56.9 Å². The molecule has 3 rings (SSSR count). The number of aromatic nitrogens is 1. The van der Waals surface area contributed by atoms with E-state index in [0.29, 0.717) is 17.7 Å². The molecule has 0 spiro atoms. The number of ether oxygens (including phenoxy) is 1. The summed E-state index contributed by atoms with van der Waals surface area (Å²) in [6.45, 7) is 2.76. The highest BCUT2D eigenvalue weighted by atomic mass is 16.5. The molecule has 1 aromatic carbocycles. The lowest BCUT2D eigenvalue weighted by Gasteiger charge is -2.36. The molecule has 1 unspecified atom stereocenters. The van der Waals surface area contributed by atoms with Crippen LogP contribution in [-0.2, 0) is 0 Å². The summed E-state index contributed by atoms with van der Waals surface area (Å²) in [5.74, 6) is 0.740. The number of fused-ring (bicyclic) bond motifs is 1. The van der Waals surface area contributed by atoms with E-state index in [4.69, 9.17) is 4.74 Å². The molecule has 1 atom stereocenters. The van der Waals surface area contributed by atoms with Crippen molar-refractivity contribution in [2.75, 3.05) is 20.3 Å². The average Bonchev–Trinajstić information content (AvgIpc) is 2.61. The Balaban J connectivity index is 2.04. The molecule has 5 heteroatoms. The molecule has 0 saturated carbocycles. The van der Waals surface area contributed by atoms with Crippen molar-refractivity contribution in [2.24, 2.45) is 0 Å². The number of nitrogens with zero attached hydrogens (tertiary/aromatic N) is 2. The monoisotopic (exact) mass is 328 g/mol. The number of hydrogen-bond donors (Lipinski definition) is 1. The molecule has 1 saturated heterocycles. The van der Waals surface area contributed by atoms with Crippen molar-refractivity contribution in [1.82, 2.24) is 9.88 Å². The summed E-state index contributed by atoms with van der Waals surface area (Å²) >= 11 is 0. The van der Waals surface area contributed by atoms with Crippen molar-refractivity contribution in [3.8, 4) is 5.75 Å². The van der Waals surface area contributed by atoms with Gasteiger partial charge in [-0.2, -0.15) is 0 Å². The number of likely N-dealkylation sites (tertiary alicyclic amines) is 1. The predicted octanol–water partition coefficient (Wildman–Crippen LogP) is 2.93. The van der Waals surface area contributed by atoms with Gasteiger partial charge in [0.2, 0.25) is 0 Å². The van der Waals surface area contributed by atoms with E-state index in [0.717, 1.165) is 42.4 Å². The van der Waals surface area contributed by atoms with Crippen LogP contribution in [0.25, 0.3) is 10.9 Å². The Hall–Kier alpha value is -2.14. The lowest BCUT2D eigenvalue weighted by atomic mass is 9.97. The molecule has 0 bridgehead atoms. The minimum atomic E-state index is 0.0249. The van der Waals surface area contributed by atoms with E-state index in [1.807, 2.05) is 36.1 Å². The normalized spacial score (nSPS) is 18.0. The third-order valence-electron chi connectivity index (χ3n) is 4.72. The number of rotatable bonds is 4. The Labute approximate surface area is 142 Å². The zero-order valence-electron chi connectivity index (χ0n) is 14.3. The van der Waals surface area contributed by atoms with Crippen LogP contribution in [0.1, 0.15) is 41.7 Å². The number of benzene rings is 1. The number of aliphatic hydroxyl groups is 1.